The lowest BCUT2D eigenvalue weighted by molar-refractivity contribution is 0.0327. The molecule has 2 aromatic heterocycles. The van der Waals surface area contributed by atoms with E-state index >= 15 is 0 Å². The van der Waals surface area contributed by atoms with Crippen molar-refractivity contribution in [2.45, 2.75) is 39.7 Å². The fourth-order valence-electron chi connectivity index (χ4n) is 4.12. The summed E-state index contributed by atoms with van der Waals surface area (Å²) in [6.45, 7) is 9.86. The number of benzene rings is 1. The lowest BCUT2D eigenvalue weighted by Gasteiger charge is -2.19. The van der Waals surface area contributed by atoms with Gasteiger partial charge in [-0.3, -0.25) is 9.78 Å². The number of carbonyl (C=O) groups excluding carboxylic acids is 2. The van der Waals surface area contributed by atoms with Crippen LogP contribution in [-0.2, 0) is 20.6 Å². The Balaban J connectivity index is 1.47. The van der Waals surface area contributed by atoms with E-state index in [0.29, 0.717) is 56.8 Å². The molecule has 0 saturated heterocycles. The van der Waals surface area contributed by atoms with Crippen molar-refractivity contribution in [3.8, 4) is 28.0 Å². The first-order valence-corrected chi connectivity index (χ1v) is 13.9. The van der Waals surface area contributed by atoms with Crippen molar-refractivity contribution in [1.29, 1.82) is 0 Å². The van der Waals surface area contributed by atoms with E-state index in [2.05, 4.69) is 27.5 Å². The summed E-state index contributed by atoms with van der Waals surface area (Å²) in [5.41, 5.74) is 10.8. The first kappa shape index (κ1) is 32.3. The minimum absolute atomic E-state index is 0.238. The molecule has 0 aliphatic carbocycles. The van der Waals surface area contributed by atoms with Crippen molar-refractivity contribution in [2.75, 3.05) is 52.4 Å². The lowest BCUT2D eigenvalue weighted by Crippen LogP contribution is -2.34. The molecule has 11 nitrogen and oxygen atoms in total. The van der Waals surface area contributed by atoms with Gasteiger partial charge in [-0.25, -0.2) is 9.78 Å². The summed E-state index contributed by atoms with van der Waals surface area (Å²) in [6.07, 6.45) is 3.69. The predicted octanol–water partition coefficient (Wildman–Crippen LogP) is 4.25. The maximum absolute atomic E-state index is 11.9. The number of pyridine rings is 2. The number of hydrogen-bond donors (Lipinski definition) is 3. The second-order valence-electron chi connectivity index (χ2n) is 10.3. The molecule has 1 aromatic carbocycles. The third-order valence-corrected chi connectivity index (χ3v) is 6.03. The summed E-state index contributed by atoms with van der Waals surface area (Å²) < 4.78 is 22.0. The van der Waals surface area contributed by atoms with Crippen LogP contribution in [0.5, 0.6) is 5.75 Å². The van der Waals surface area contributed by atoms with E-state index in [1.54, 1.807) is 25.5 Å². The number of nitrogen functional groups attached to an aromatic ring is 1. The smallest absolute Gasteiger partial charge is 0.407 e. The molecule has 3 aromatic rings. The highest BCUT2D eigenvalue weighted by Crippen LogP contribution is 2.36. The van der Waals surface area contributed by atoms with Crippen molar-refractivity contribution in [3.63, 3.8) is 0 Å². The molecule has 0 saturated carbocycles. The molecule has 42 heavy (non-hydrogen) atoms. The van der Waals surface area contributed by atoms with E-state index in [9.17, 15) is 9.59 Å². The van der Waals surface area contributed by atoms with Gasteiger partial charge in [0.15, 0.2) is 0 Å². The molecular weight excluding hydrogens is 538 g/mol. The fourth-order valence-corrected chi connectivity index (χ4v) is 4.12. The Kier molecular flexibility index (Phi) is 12.1. The second kappa shape index (κ2) is 15.7. The molecule has 0 unspecified atom stereocenters. The predicted molar refractivity (Wildman–Crippen MR) is 161 cm³/mol. The van der Waals surface area contributed by atoms with Gasteiger partial charge in [0, 0.05) is 42.7 Å². The Hall–Kier alpha value is -4.22. The number of nitrogens with zero attached hydrogens (tertiary/aromatic N) is 2. The average Bonchev–Trinajstić information content (AvgIpc) is 2.97. The number of alkyl carbamates (subject to hydrolysis) is 1. The number of rotatable bonds is 14. The molecule has 4 N–H and O–H groups in total. The normalized spacial score (nSPS) is 11.2. The number of nitrogens with two attached hydrogens (primary N) is 1. The molecule has 0 aliphatic rings. The maximum atomic E-state index is 11.9. The van der Waals surface area contributed by atoms with Gasteiger partial charge < -0.3 is 35.3 Å². The standard InChI is InChI=1S/C31H41N5O6/c1-6-24-25(22-9-12-26(35-19-22)29(37)33-5)20-36-28(32)27(24)21-7-10-23(11-8-21)41-18-17-40-16-15-39-14-13-34-30(38)42-31(2,3)4/h7-12,19-20H,6,13-18H2,1-5H3,(H2,32,36)(H,33,37)(H,34,38). The van der Waals surface area contributed by atoms with Crippen LogP contribution in [0.2, 0.25) is 0 Å². The molecule has 0 atom stereocenters. The minimum Gasteiger partial charge on any atom is -0.491 e. The van der Waals surface area contributed by atoms with Crippen molar-refractivity contribution < 1.29 is 28.5 Å². The number of amides is 2. The van der Waals surface area contributed by atoms with Gasteiger partial charge in [-0.2, -0.15) is 0 Å². The monoisotopic (exact) mass is 579 g/mol. The van der Waals surface area contributed by atoms with Gasteiger partial charge in [0.1, 0.15) is 29.5 Å². The van der Waals surface area contributed by atoms with Crippen LogP contribution < -0.4 is 21.1 Å². The fraction of sp³-hybridized carbons (Fsp3) is 0.419. The summed E-state index contributed by atoms with van der Waals surface area (Å²) >= 11 is 0. The molecule has 0 aliphatic heterocycles. The molecule has 0 spiro atoms. The SMILES string of the molecule is CCc1c(-c2ccc(C(=O)NC)nc2)cnc(N)c1-c1ccc(OCCOCCOCCNC(=O)OC(C)(C)C)cc1. The van der Waals surface area contributed by atoms with Gasteiger partial charge in [-0.1, -0.05) is 25.1 Å². The minimum atomic E-state index is -0.526. The quantitative estimate of drug-likeness (QED) is 0.238. The summed E-state index contributed by atoms with van der Waals surface area (Å²) in [5, 5.41) is 5.21. The Morgan fingerprint density at radius 3 is 2.17 bits per heavy atom. The van der Waals surface area contributed by atoms with Crippen LogP contribution in [-0.4, -0.2) is 74.2 Å². The van der Waals surface area contributed by atoms with Gasteiger partial charge in [-0.05, 0) is 56.5 Å². The van der Waals surface area contributed by atoms with E-state index in [1.807, 2.05) is 51.1 Å². The molecule has 2 amide bonds. The lowest BCUT2D eigenvalue weighted by atomic mass is 9.92. The van der Waals surface area contributed by atoms with E-state index in [1.165, 1.54) is 0 Å². The van der Waals surface area contributed by atoms with Crippen molar-refractivity contribution in [1.82, 2.24) is 20.6 Å². The molecule has 3 rings (SSSR count). The zero-order chi connectivity index (χ0) is 30.5. The van der Waals surface area contributed by atoms with Gasteiger partial charge in [0.25, 0.3) is 5.91 Å². The zero-order valence-corrected chi connectivity index (χ0v) is 25.0. The highest BCUT2D eigenvalue weighted by molar-refractivity contribution is 5.92. The van der Waals surface area contributed by atoms with Crippen LogP contribution >= 0.6 is 0 Å². The first-order chi connectivity index (χ1) is 20.1. The summed E-state index contributed by atoms with van der Waals surface area (Å²) in [5.74, 6) is 0.912. The second-order valence-corrected chi connectivity index (χ2v) is 10.3. The van der Waals surface area contributed by atoms with Crippen LogP contribution in [0.25, 0.3) is 22.3 Å². The highest BCUT2D eigenvalue weighted by atomic mass is 16.6. The summed E-state index contributed by atoms with van der Waals surface area (Å²) in [7, 11) is 1.57. The molecule has 226 valence electrons. The highest BCUT2D eigenvalue weighted by Gasteiger charge is 2.17. The van der Waals surface area contributed by atoms with Crippen molar-refractivity contribution in [2.24, 2.45) is 0 Å². The van der Waals surface area contributed by atoms with Crippen LogP contribution in [0.15, 0.2) is 48.8 Å². The number of hydrogen-bond acceptors (Lipinski definition) is 9. The number of carbonyl (C=O) groups is 2. The van der Waals surface area contributed by atoms with Crippen LogP contribution in [0.3, 0.4) is 0 Å². The van der Waals surface area contributed by atoms with Crippen LogP contribution in [0.4, 0.5) is 10.6 Å². The van der Waals surface area contributed by atoms with Crippen molar-refractivity contribution >= 4 is 17.8 Å². The Bertz CT molecular complexity index is 1310. The Morgan fingerprint density at radius 2 is 1.55 bits per heavy atom. The zero-order valence-electron chi connectivity index (χ0n) is 25.0. The third kappa shape index (κ3) is 9.71. The molecular formula is C31H41N5O6. The van der Waals surface area contributed by atoms with Gasteiger partial charge in [0.05, 0.1) is 26.4 Å². The number of anilines is 1. The summed E-state index contributed by atoms with van der Waals surface area (Å²) in [4.78, 5) is 32.2. The number of nitrogens with one attached hydrogen (secondary N) is 2. The first-order valence-electron chi connectivity index (χ1n) is 13.9. The van der Waals surface area contributed by atoms with E-state index in [4.69, 9.17) is 24.7 Å². The molecule has 2 heterocycles. The molecule has 0 radical (unpaired) electrons. The van der Waals surface area contributed by atoms with Gasteiger partial charge >= 0.3 is 6.09 Å². The molecule has 0 bridgehead atoms. The van der Waals surface area contributed by atoms with E-state index < -0.39 is 11.7 Å². The van der Waals surface area contributed by atoms with Gasteiger partial charge in [0.2, 0.25) is 0 Å². The third-order valence-electron chi connectivity index (χ3n) is 6.03. The average molecular weight is 580 g/mol. The topological polar surface area (TPSA) is 147 Å². The van der Waals surface area contributed by atoms with Crippen LogP contribution in [0.1, 0.15) is 43.7 Å². The number of ether oxygens (including phenoxy) is 4. The maximum Gasteiger partial charge on any atom is 0.407 e. The van der Waals surface area contributed by atoms with E-state index in [0.717, 1.165) is 34.2 Å². The van der Waals surface area contributed by atoms with Crippen molar-refractivity contribution in [3.05, 3.63) is 60.0 Å². The largest absolute Gasteiger partial charge is 0.491 e. The Labute approximate surface area is 247 Å². The molecule has 0 fully saturated rings. The van der Waals surface area contributed by atoms with Gasteiger partial charge in [-0.15, -0.1) is 0 Å². The number of aromatic nitrogens is 2. The Morgan fingerprint density at radius 1 is 0.881 bits per heavy atom. The van der Waals surface area contributed by atoms with E-state index in [-0.39, 0.29) is 5.91 Å². The van der Waals surface area contributed by atoms with Crippen LogP contribution in [0, 0.1) is 0 Å². The summed E-state index contributed by atoms with van der Waals surface area (Å²) in [6, 6.07) is 11.3. The molecule has 11 heteroatoms.